The van der Waals surface area contributed by atoms with Gasteiger partial charge in [0.25, 0.3) is 0 Å². The van der Waals surface area contributed by atoms with Crippen LogP contribution in [0.3, 0.4) is 0 Å². The van der Waals surface area contributed by atoms with Crippen LogP contribution in [0.25, 0.3) is 21.3 Å². The summed E-state index contributed by atoms with van der Waals surface area (Å²) in [5, 5.41) is 0. The van der Waals surface area contributed by atoms with Crippen LogP contribution in [-0.4, -0.2) is 18.1 Å². The molecule has 0 fully saturated rings. The quantitative estimate of drug-likeness (QED) is 0.451. The first kappa shape index (κ1) is 15.9. The van der Waals surface area contributed by atoms with Gasteiger partial charge in [0, 0.05) is 23.4 Å². The van der Waals surface area contributed by atoms with Crippen molar-refractivity contribution in [1.29, 1.82) is 0 Å². The zero-order valence-electron chi connectivity index (χ0n) is 11.5. The van der Waals surface area contributed by atoms with E-state index in [9.17, 15) is 18.0 Å². The van der Waals surface area contributed by atoms with Crippen molar-refractivity contribution in [2.45, 2.75) is 0 Å². The molecule has 23 heavy (non-hydrogen) atoms. The second-order valence-corrected chi connectivity index (χ2v) is 6.34. The number of esters is 1. The number of benzene rings is 1. The normalized spacial score (nSPS) is 11.0. The molecule has 0 amide bonds. The highest BCUT2D eigenvalue weighted by Crippen LogP contribution is 2.41. The number of fused-ring (bicyclic) bond motifs is 1. The number of carbonyl (C=O) groups is 1. The van der Waals surface area contributed by atoms with Crippen LogP contribution in [0.2, 0.25) is 0 Å². The van der Waals surface area contributed by atoms with Gasteiger partial charge < -0.3 is 4.74 Å². The molecule has 1 aromatic carbocycles. The molecule has 0 atom stereocenters. The van der Waals surface area contributed by atoms with Crippen LogP contribution < -0.4 is 0 Å². The minimum Gasteiger partial charge on any atom is -0.465 e. The molecule has 0 aliphatic rings. The number of rotatable bonds is 2. The minimum atomic E-state index is -1.28. The summed E-state index contributed by atoms with van der Waals surface area (Å²) in [5.74, 6) is -3.93. The van der Waals surface area contributed by atoms with Gasteiger partial charge in [-0.25, -0.2) is 18.0 Å². The first-order valence-corrected chi connectivity index (χ1v) is 7.85. The van der Waals surface area contributed by atoms with Gasteiger partial charge in [0.2, 0.25) is 0 Å². The van der Waals surface area contributed by atoms with Crippen molar-refractivity contribution in [1.82, 2.24) is 4.98 Å². The molecule has 0 saturated carbocycles. The second-order valence-electron chi connectivity index (χ2n) is 4.52. The highest BCUT2D eigenvalue weighted by Gasteiger charge is 2.22. The highest BCUT2D eigenvalue weighted by molar-refractivity contribution is 9.10. The van der Waals surface area contributed by atoms with Crippen molar-refractivity contribution in [3.05, 3.63) is 51.2 Å². The Balaban J connectivity index is 2.34. The molecule has 118 valence electrons. The van der Waals surface area contributed by atoms with Crippen LogP contribution in [0.15, 0.2) is 28.9 Å². The van der Waals surface area contributed by atoms with E-state index in [0.717, 1.165) is 17.4 Å². The number of pyridine rings is 1. The number of thiophene rings is 1. The average Bonchev–Trinajstić information content (AvgIpc) is 2.87. The molecule has 0 spiro atoms. The third-order valence-electron chi connectivity index (χ3n) is 3.17. The lowest BCUT2D eigenvalue weighted by molar-refractivity contribution is 0.0605. The molecule has 2 aromatic heterocycles. The second kappa shape index (κ2) is 5.93. The summed E-state index contributed by atoms with van der Waals surface area (Å²) in [6, 6.07) is 2.81. The number of halogens is 4. The van der Waals surface area contributed by atoms with Crippen molar-refractivity contribution < 1.29 is 22.7 Å². The molecule has 8 heteroatoms. The number of hydrogen-bond acceptors (Lipinski definition) is 4. The van der Waals surface area contributed by atoms with Crippen molar-refractivity contribution in [3.63, 3.8) is 0 Å². The maximum absolute atomic E-state index is 14.1. The summed E-state index contributed by atoms with van der Waals surface area (Å²) in [4.78, 5) is 16.1. The molecule has 2 heterocycles. The lowest BCUT2D eigenvalue weighted by atomic mass is 10.1. The van der Waals surface area contributed by atoms with Gasteiger partial charge >= 0.3 is 5.97 Å². The van der Waals surface area contributed by atoms with Gasteiger partial charge in [0.1, 0.15) is 10.7 Å². The van der Waals surface area contributed by atoms with Crippen molar-refractivity contribution in [3.8, 4) is 11.1 Å². The van der Waals surface area contributed by atoms with Crippen molar-refractivity contribution in [2.75, 3.05) is 7.11 Å². The fraction of sp³-hybridized carbons (Fsp3) is 0.0667. The first-order chi connectivity index (χ1) is 10.9. The maximum Gasteiger partial charge on any atom is 0.349 e. The van der Waals surface area contributed by atoms with Gasteiger partial charge in [-0.15, -0.1) is 11.3 Å². The van der Waals surface area contributed by atoms with Crippen LogP contribution in [0.5, 0.6) is 0 Å². The van der Waals surface area contributed by atoms with Crippen LogP contribution in [-0.2, 0) is 4.74 Å². The average molecular weight is 402 g/mol. The summed E-state index contributed by atoms with van der Waals surface area (Å²) in [6.45, 7) is 0. The van der Waals surface area contributed by atoms with Gasteiger partial charge in [-0.05, 0) is 28.1 Å². The molecule has 0 aliphatic heterocycles. The number of hydrogen-bond donors (Lipinski definition) is 0. The van der Waals surface area contributed by atoms with Crippen LogP contribution in [0.1, 0.15) is 9.67 Å². The predicted molar refractivity (Wildman–Crippen MR) is 84.0 cm³/mol. The molecule has 3 rings (SSSR count). The summed E-state index contributed by atoms with van der Waals surface area (Å²) < 4.78 is 46.5. The Hall–Kier alpha value is -1.93. The Morgan fingerprint density at radius 3 is 2.70 bits per heavy atom. The predicted octanol–water partition coefficient (Wildman–Crippen LogP) is 4.93. The topological polar surface area (TPSA) is 39.2 Å². The van der Waals surface area contributed by atoms with E-state index < -0.39 is 23.4 Å². The molecular weight excluding hydrogens is 395 g/mol. The number of methoxy groups -OCH3 is 1. The molecule has 0 saturated heterocycles. The summed E-state index contributed by atoms with van der Waals surface area (Å²) >= 11 is 4.26. The third-order valence-corrected chi connectivity index (χ3v) is 5.40. The summed E-state index contributed by atoms with van der Waals surface area (Å²) in [7, 11) is 1.23. The summed E-state index contributed by atoms with van der Waals surface area (Å²) in [5.41, 5.74) is 0.392. The molecular formula is C15H7BrF3NO2S. The smallest absolute Gasteiger partial charge is 0.349 e. The van der Waals surface area contributed by atoms with E-state index in [1.54, 1.807) is 0 Å². The monoisotopic (exact) mass is 401 g/mol. The van der Waals surface area contributed by atoms with Crippen LogP contribution in [0, 0.1) is 17.5 Å². The Kier molecular flexibility index (Phi) is 4.11. The third kappa shape index (κ3) is 2.61. The van der Waals surface area contributed by atoms with Gasteiger partial charge in [-0.2, -0.15) is 0 Å². The van der Waals surface area contributed by atoms with E-state index in [1.807, 2.05) is 0 Å². The number of aromatic nitrogens is 1. The Labute approximate surface area is 140 Å². The number of nitrogens with zero attached hydrogens (tertiary/aromatic N) is 1. The lowest BCUT2D eigenvalue weighted by Gasteiger charge is -2.06. The molecule has 0 aliphatic carbocycles. The van der Waals surface area contributed by atoms with E-state index in [-0.39, 0.29) is 16.0 Å². The van der Waals surface area contributed by atoms with Gasteiger partial charge in [0.05, 0.1) is 21.8 Å². The number of ether oxygens (including phenoxy) is 1. The van der Waals surface area contributed by atoms with Crippen LogP contribution in [0.4, 0.5) is 13.2 Å². The lowest BCUT2D eigenvalue weighted by Crippen LogP contribution is -1.98. The molecule has 3 nitrogen and oxygen atoms in total. The SMILES string of the molecule is COC(=O)c1sc2c(-c3cc(F)cc(F)c3F)ccnc2c1Br. The van der Waals surface area contributed by atoms with E-state index in [2.05, 4.69) is 25.7 Å². The fourth-order valence-corrected chi connectivity index (χ4v) is 4.08. The Bertz CT molecular complexity index is 942. The zero-order valence-corrected chi connectivity index (χ0v) is 13.9. The van der Waals surface area contributed by atoms with E-state index in [0.29, 0.717) is 20.8 Å². The maximum atomic E-state index is 14.1. The fourth-order valence-electron chi connectivity index (χ4n) is 2.15. The molecule has 0 N–H and O–H groups in total. The Morgan fingerprint density at radius 1 is 1.26 bits per heavy atom. The van der Waals surface area contributed by atoms with Gasteiger partial charge in [-0.1, -0.05) is 0 Å². The van der Waals surface area contributed by atoms with Crippen molar-refractivity contribution >= 4 is 43.5 Å². The molecule has 3 aromatic rings. The molecule has 0 radical (unpaired) electrons. The zero-order chi connectivity index (χ0) is 16.7. The van der Waals surface area contributed by atoms with Crippen molar-refractivity contribution in [2.24, 2.45) is 0 Å². The van der Waals surface area contributed by atoms with Crippen LogP contribution >= 0.6 is 27.3 Å². The number of carbonyl (C=O) groups excluding carboxylic acids is 1. The van der Waals surface area contributed by atoms with Gasteiger partial charge in [0.15, 0.2) is 11.6 Å². The van der Waals surface area contributed by atoms with E-state index in [1.165, 1.54) is 19.4 Å². The molecule has 0 unspecified atom stereocenters. The largest absolute Gasteiger partial charge is 0.465 e. The minimum absolute atomic E-state index is 0.236. The highest BCUT2D eigenvalue weighted by atomic mass is 79.9. The molecule has 0 bridgehead atoms. The van der Waals surface area contributed by atoms with E-state index in [4.69, 9.17) is 0 Å². The first-order valence-electron chi connectivity index (χ1n) is 6.24. The van der Waals surface area contributed by atoms with E-state index >= 15 is 0 Å². The van der Waals surface area contributed by atoms with Gasteiger partial charge in [-0.3, -0.25) is 4.98 Å². The summed E-state index contributed by atoms with van der Waals surface area (Å²) in [6.07, 6.45) is 1.37. The standard InChI is InChI=1S/C15H7BrF3NO2S/c1-22-15(21)14-10(16)12-13(23-14)7(2-3-20-12)8-4-6(17)5-9(18)11(8)19/h2-5H,1H3. The Morgan fingerprint density at radius 2 is 2.00 bits per heavy atom.